The minimum atomic E-state index is 0.635. The van der Waals surface area contributed by atoms with Gasteiger partial charge in [-0.05, 0) is 30.9 Å². The van der Waals surface area contributed by atoms with Gasteiger partial charge >= 0.3 is 0 Å². The first-order valence-corrected chi connectivity index (χ1v) is 8.01. The van der Waals surface area contributed by atoms with E-state index in [4.69, 9.17) is 5.73 Å². The summed E-state index contributed by atoms with van der Waals surface area (Å²) in [5, 5.41) is 3.31. The molecular weight excluding hydrogens is 274 g/mol. The summed E-state index contributed by atoms with van der Waals surface area (Å²) in [5.41, 5.74) is 9.52. The lowest BCUT2D eigenvalue weighted by Gasteiger charge is -2.31. The molecule has 0 aliphatic carbocycles. The van der Waals surface area contributed by atoms with E-state index in [0.29, 0.717) is 5.69 Å². The van der Waals surface area contributed by atoms with Crippen LogP contribution in [0, 0.1) is 0 Å². The number of unbranched alkanes of at least 4 members (excludes halogenated alkanes) is 1. The number of nitrogens with two attached hydrogens (primary N) is 1. The highest BCUT2D eigenvalue weighted by Crippen LogP contribution is 2.36. The highest BCUT2D eigenvalue weighted by Gasteiger charge is 2.21. The number of fused-ring (bicyclic) bond motifs is 1. The van der Waals surface area contributed by atoms with Gasteiger partial charge in [0.2, 0.25) is 0 Å². The molecule has 1 aliphatic rings. The molecule has 0 amide bonds. The van der Waals surface area contributed by atoms with E-state index < -0.39 is 0 Å². The molecule has 3 N–H and O–H groups in total. The third kappa shape index (κ3) is 2.84. The summed E-state index contributed by atoms with van der Waals surface area (Å²) in [6.07, 6.45) is 6.06. The van der Waals surface area contributed by atoms with E-state index in [2.05, 4.69) is 51.4 Å². The molecule has 0 saturated carbocycles. The SMILES string of the molecule is CCCCNc1ncnc(N2CCCc3ccccc32)c1N. The number of rotatable bonds is 5. The van der Waals surface area contributed by atoms with Gasteiger partial charge in [0.05, 0.1) is 0 Å². The van der Waals surface area contributed by atoms with Crippen molar-refractivity contribution in [2.75, 3.05) is 29.0 Å². The number of nitrogen functional groups attached to an aromatic ring is 1. The Bertz CT molecular complexity index is 641. The van der Waals surface area contributed by atoms with Gasteiger partial charge in [-0.1, -0.05) is 31.5 Å². The predicted molar refractivity (Wildman–Crippen MR) is 91.6 cm³/mol. The highest BCUT2D eigenvalue weighted by atomic mass is 15.2. The molecule has 1 aliphatic heterocycles. The Labute approximate surface area is 131 Å². The molecule has 22 heavy (non-hydrogen) atoms. The number of benzene rings is 1. The van der Waals surface area contributed by atoms with E-state index in [1.54, 1.807) is 6.33 Å². The van der Waals surface area contributed by atoms with E-state index in [-0.39, 0.29) is 0 Å². The van der Waals surface area contributed by atoms with Gasteiger partial charge in [-0.2, -0.15) is 0 Å². The summed E-state index contributed by atoms with van der Waals surface area (Å²) in [5.74, 6) is 1.54. The lowest BCUT2D eigenvalue weighted by Crippen LogP contribution is -2.26. The van der Waals surface area contributed by atoms with E-state index in [1.165, 1.54) is 11.3 Å². The highest BCUT2D eigenvalue weighted by molar-refractivity contribution is 5.80. The number of nitrogens with zero attached hydrogens (tertiary/aromatic N) is 3. The fourth-order valence-corrected chi connectivity index (χ4v) is 2.88. The summed E-state index contributed by atoms with van der Waals surface area (Å²) >= 11 is 0. The van der Waals surface area contributed by atoms with E-state index >= 15 is 0 Å². The molecule has 2 heterocycles. The van der Waals surface area contributed by atoms with Gasteiger partial charge in [0.15, 0.2) is 11.6 Å². The van der Waals surface area contributed by atoms with Crippen molar-refractivity contribution < 1.29 is 0 Å². The van der Waals surface area contributed by atoms with Crippen molar-refractivity contribution >= 4 is 23.0 Å². The molecular formula is C17H23N5. The van der Waals surface area contributed by atoms with Gasteiger partial charge in [-0.15, -0.1) is 0 Å². The number of aryl methyl sites for hydroxylation is 1. The van der Waals surface area contributed by atoms with Crippen LogP contribution in [-0.4, -0.2) is 23.1 Å². The van der Waals surface area contributed by atoms with Crippen LogP contribution in [0.1, 0.15) is 31.7 Å². The monoisotopic (exact) mass is 297 g/mol. The van der Waals surface area contributed by atoms with Crippen LogP contribution in [0.2, 0.25) is 0 Å². The summed E-state index contributed by atoms with van der Waals surface area (Å²) in [6.45, 7) is 3.99. The first kappa shape index (κ1) is 14.6. The number of hydrogen-bond donors (Lipinski definition) is 2. The molecule has 2 aromatic rings. The molecule has 0 radical (unpaired) electrons. The van der Waals surface area contributed by atoms with Crippen LogP contribution in [0.15, 0.2) is 30.6 Å². The molecule has 0 fully saturated rings. The maximum Gasteiger partial charge on any atom is 0.161 e. The van der Waals surface area contributed by atoms with E-state index in [1.807, 2.05) is 0 Å². The standard InChI is InChI=1S/C17H23N5/c1-2-3-10-19-16-15(18)17(21-12-20-16)22-11-6-8-13-7-4-5-9-14(13)22/h4-5,7,9,12H,2-3,6,8,10-11,18H2,1H3,(H,19,20,21). The summed E-state index contributed by atoms with van der Waals surface area (Å²) in [7, 11) is 0. The van der Waals surface area contributed by atoms with Crippen molar-refractivity contribution in [1.29, 1.82) is 0 Å². The molecule has 0 bridgehead atoms. The fraction of sp³-hybridized carbons (Fsp3) is 0.412. The zero-order valence-corrected chi connectivity index (χ0v) is 13.0. The van der Waals surface area contributed by atoms with Crippen molar-refractivity contribution in [2.24, 2.45) is 0 Å². The van der Waals surface area contributed by atoms with Crippen LogP contribution in [0.5, 0.6) is 0 Å². The molecule has 116 valence electrons. The zero-order chi connectivity index (χ0) is 15.4. The number of aromatic nitrogens is 2. The normalized spacial score (nSPS) is 13.8. The average molecular weight is 297 g/mol. The second-order valence-electron chi connectivity index (χ2n) is 5.62. The lowest BCUT2D eigenvalue weighted by molar-refractivity contribution is 0.759. The first-order chi connectivity index (χ1) is 10.8. The van der Waals surface area contributed by atoms with E-state index in [0.717, 1.165) is 50.4 Å². The minimum absolute atomic E-state index is 0.635. The zero-order valence-electron chi connectivity index (χ0n) is 13.0. The van der Waals surface area contributed by atoms with Crippen molar-refractivity contribution in [3.63, 3.8) is 0 Å². The second-order valence-corrected chi connectivity index (χ2v) is 5.62. The quantitative estimate of drug-likeness (QED) is 0.828. The Morgan fingerprint density at radius 3 is 3.00 bits per heavy atom. The third-order valence-corrected chi connectivity index (χ3v) is 4.05. The van der Waals surface area contributed by atoms with Gasteiger partial charge < -0.3 is 16.0 Å². The van der Waals surface area contributed by atoms with Crippen LogP contribution in [-0.2, 0) is 6.42 Å². The Balaban J connectivity index is 1.91. The van der Waals surface area contributed by atoms with Crippen molar-refractivity contribution in [2.45, 2.75) is 32.6 Å². The number of nitrogens with one attached hydrogen (secondary N) is 1. The summed E-state index contributed by atoms with van der Waals surface area (Å²) < 4.78 is 0. The number of hydrogen-bond acceptors (Lipinski definition) is 5. The van der Waals surface area contributed by atoms with Crippen molar-refractivity contribution in [1.82, 2.24) is 9.97 Å². The van der Waals surface area contributed by atoms with E-state index in [9.17, 15) is 0 Å². The largest absolute Gasteiger partial charge is 0.393 e. The van der Waals surface area contributed by atoms with Gasteiger partial charge in [0.25, 0.3) is 0 Å². The molecule has 0 unspecified atom stereocenters. The molecule has 3 rings (SSSR count). The van der Waals surface area contributed by atoms with Crippen LogP contribution >= 0.6 is 0 Å². The minimum Gasteiger partial charge on any atom is -0.393 e. The Morgan fingerprint density at radius 1 is 1.27 bits per heavy atom. The predicted octanol–water partition coefficient (Wildman–Crippen LogP) is 3.36. The maximum absolute atomic E-state index is 6.32. The first-order valence-electron chi connectivity index (χ1n) is 8.01. The van der Waals surface area contributed by atoms with Crippen LogP contribution in [0.4, 0.5) is 23.0 Å². The number of anilines is 4. The molecule has 1 aromatic heterocycles. The molecule has 1 aromatic carbocycles. The van der Waals surface area contributed by atoms with Crippen molar-refractivity contribution in [3.05, 3.63) is 36.2 Å². The van der Waals surface area contributed by atoms with Gasteiger partial charge in [0.1, 0.15) is 12.0 Å². The smallest absolute Gasteiger partial charge is 0.161 e. The fourth-order valence-electron chi connectivity index (χ4n) is 2.88. The average Bonchev–Trinajstić information content (AvgIpc) is 2.56. The molecule has 5 heteroatoms. The van der Waals surface area contributed by atoms with Crippen LogP contribution < -0.4 is 16.0 Å². The molecule has 5 nitrogen and oxygen atoms in total. The summed E-state index contributed by atoms with van der Waals surface area (Å²) in [6, 6.07) is 8.47. The number of para-hydroxylation sites is 1. The lowest BCUT2D eigenvalue weighted by atomic mass is 10.0. The molecule has 0 saturated heterocycles. The van der Waals surface area contributed by atoms with Gasteiger partial charge in [-0.25, -0.2) is 9.97 Å². The van der Waals surface area contributed by atoms with Crippen molar-refractivity contribution in [3.8, 4) is 0 Å². The second kappa shape index (κ2) is 6.64. The molecule has 0 atom stereocenters. The Hall–Kier alpha value is -2.30. The molecule has 0 spiro atoms. The maximum atomic E-state index is 6.32. The Morgan fingerprint density at radius 2 is 2.14 bits per heavy atom. The topological polar surface area (TPSA) is 67.1 Å². The van der Waals surface area contributed by atoms with Crippen LogP contribution in [0.3, 0.4) is 0 Å². The van der Waals surface area contributed by atoms with Crippen LogP contribution in [0.25, 0.3) is 0 Å². The third-order valence-electron chi connectivity index (χ3n) is 4.05. The van der Waals surface area contributed by atoms with Gasteiger partial charge in [-0.3, -0.25) is 0 Å². The summed E-state index contributed by atoms with van der Waals surface area (Å²) in [4.78, 5) is 10.9. The van der Waals surface area contributed by atoms with Gasteiger partial charge in [0, 0.05) is 18.8 Å². The Kier molecular flexibility index (Phi) is 4.42.